The van der Waals surface area contributed by atoms with Gasteiger partial charge in [-0.2, -0.15) is 0 Å². The van der Waals surface area contributed by atoms with Crippen molar-refractivity contribution in [1.82, 2.24) is 0 Å². The van der Waals surface area contributed by atoms with Crippen molar-refractivity contribution < 1.29 is 5.11 Å². The zero-order chi connectivity index (χ0) is 14.2. The molecule has 0 saturated heterocycles. The summed E-state index contributed by atoms with van der Waals surface area (Å²) in [5, 5.41) is 10.5. The lowest BCUT2D eigenvalue weighted by Crippen LogP contribution is -2.07. The Morgan fingerprint density at radius 3 is 2.37 bits per heavy atom. The third kappa shape index (κ3) is 3.28. The Morgan fingerprint density at radius 1 is 1.16 bits per heavy atom. The summed E-state index contributed by atoms with van der Waals surface area (Å²) in [5.41, 5.74) is 2.24. The fourth-order valence-corrected chi connectivity index (χ4v) is 3.69. The molecule has 19 heavy (non-hydrogen) atoms. The first-order valence-electron chi connectivity index (χ1n) is 6.33. The average molecular weight is 339 g/mol. The number of aliphatic hydroxyl groups excluding tert-OH is 1. The maximum atomic E-state index is 10.5. The summed E-state index contributed by atoms with van der Waals surface area (Å²) in [7, 11) is 0. The highest BCUT2D eigenvalue weighted by Gasteiger charge is 2.20. The average Bonchev–Trinajstić information content (AvgIpc) is 2.76. The molecular weight excluding hydrogens is 320 g/mol. The smallest absolute Gasteiger partial charge is 0.114 e. The quantitative estimate of drug-likeness (QED) is 0.797. The third-order valence-corrected chi connectivity index (χ3v) is 5.34. The Bertz CT molecular complexity index is 581. The molecule has 1 atom stereocenters. The van der Waals surface area contributed by atoms with Gasteiger partial charge in [-0.05, 0) is 41.7 Å². The molecule has 0 aliphatic heterocycles. The number of aliphatic hydroxyl groups is 1. The van der Waals surface area contributed by atoms with Crippen LogP contribution in [-0.2, 0) is 5.41 Å². The van der Waals surface area contributed by atoms with Crippen LogP contribution in [0.5, 0.6) is 0 Å². The van der Waals surface area contributed by atoms with Crippen LogP contribution in [0.4, 0.5) is 0 Å². The SMILES string of the molecule is Cc1ccc(C(O)c2ccc(C(C)(C)C)s2)c(Br)c1. The van der Waals surface area contributed by atoms with Crippen molar-refractivity contribution in [3.63, 3.8) is 0 Å². The van der Waals surface area contributed by atoms with Crippen molar-refractivity contribution in [3.8, 4) is 0 Å². The maximum absolute atomic E-state index is 10.5. The van der Waals surface area contributed by atoms with Crippen LogP contribution in [-0.4, -0.2) is 5.11 Å². The van der Waals surface area contributed by atoms with Gasteiger partial charge in [0.05, 0.1) is 0 Å². The first-order chi connectivity index (χ1) is 8.79. The molecule has 0 aliphatic rings. The second kappa shape index (κ2) is 5.39. The topological polar surface area (TPSA) is 20.2 Å². The van der Waals surface area contributed by atoms with Gasteiger partial charge in [-0.1, -0.05) is 48.8 Å². The van der Waals surface area contributed by atoms with Gasteiger partial charge in [0.15, 0.2) is 0 Å². The van der Waals surface area contributed by atoms with Crippen LogP contribution >= 0.6 is 27.3 Å². The van der Waals surface area contributed by atoms with E-state index in [1.54, 1.807) is 11.3 Å². The van der Waals surface area contributed by atoms with Crippen LogP contribution in [0.3, 0.4) is 0 Å². The molecule has 2 rings (SSSR count). The van der Waals surface area contributed by atoms with Crippen LogP contribution < -0.4 is 0 Å². The van der Waals surface area contributed by atoms with E-state index < -0.39 is 6.10 Å². The molecule has 0 bridgehead atoms. The van der Waals surface area contributed by atoms with E-state index >= 15 is 0 Å². The molecule has 3 heteroatoms. The number of hydrogen-bond acceptors (Lipinski definition) is 2. The molecule has 1 N–H and O–H groups in total. The van der Waals surface area contributed by atoms with Gasteiger partial charge in [-0.3, -0.25) is 0 Å². The second-order valence-electron chi connectivity index (χ2n) is 5.88. The summed E-state index contributed by atoms with van der Waals surface area (Å²) in [6.07, 6.45) is -0.559. The van der Waals surface area contributed by atoms with E-state index in [9.17, 15) is 5.11 Å². The number of hydrogen-bond donors (Lipinski definition) is 1. The molecular formula is C16H19BrOS. The molecule has 1 aromatic heterocycles. The van der Waals surface area contributed by atoms with Gasteiger partial charge in [0.1, 0.15) is 6.10 Å². The fourth-order valence-electron chi connectivity index (χ4n) is 1.91. The number of benzene rings is 1. The summed E-state index contributed by atoms with van der Waals surface area (Å²) in [6, 6.07) is 10.2. The zero-order valence-corrected chi connectivity index (χ0v) is 14.1. The maximum Gasteiger partial charge on any atom is 0.114 e. The van der Waals surface area contributed by atoms with Crippen LogP contribution in [0.15, 0.2) is 34.8 Å². The molecule has 0 saturated carbocycles. The van der Waals surface area contributed by atoms with Crippen molar-refractivity contribution in [2.24, 2.45) is 0 Å². The fraction of sp³-hybridized carbons (Fsp3) is 0.375. The van der Waals surface area contributed by atoms with Crippen LogP contribution in [0, 0.1) is 6.92 Å². The van der Waals surface area contributed by atoms with E-state index in [4.69, 9.17) is 0 Å². The summed E-state index contributed by atoms with van der Waals surface area (Å²) >= 11 is 5.22. The normalized spacial score (nSPS) is 13.6. The molecule has 2 aromatic rings. The van der Waals surface area contributed by atoms with E-state index in [0.717, 1.165) is 14.9 Å². The molecule has 0 spiro atoms. The molecule has 1 heterocycles. The van der Waals surface area contributed by atoms with Gasteiger partial charge < -0.3 is 5.11 Å². The van der Waals surface area contributed by atoms with E-state index in [1.165, 1.54) is 10.4 Å². The predicted molar refractivity (Wildman–Crippen MR) is 86.0 cm³/mol. The zero-order valence-electron chi connectivity index (χ0n) is 11.7. The van der Waals surface area contributed by atoms with E-state index in [-0.39, 0.29) is 5.41 Å². The van der Waals surface area contributed by atoms with Crippen molar-refractivity contribution in [1.29, 1.82) is 0 Å². The molecule has 1 aromatic carbocycles. The van der Waals surface area contributed by atoms with Crippen LogP contribution in [0.25, 0.3) is 0 Å². The minimum atomic E-state index is -0.559. The molecule has 1 nitrogen and oxygen atoms in total. The summed E-state index contributed by atoms with van der Waals surface area (Å²) in [6.45, 7) is 8.62. The van der Waals surface area contributed by atoms with Gasteiger partial charge in [0, 0.05) is 14.2 Å². The minimum Gasteiger partial charge on any atom is -0.383 e. The van der Waals surface area contributed by atoms with Crippen molar-refractivity contribution >= 4 is 27.3 Å². The first kappa shape index (κ1) is 14.8. The number of thiophene rings is 1. The van der Waals surface area contributed by atoms with Crippen molar-refractivity contribution in [2.45, 2.75) is 39.2 Å². The molecule has 0 fully saturated rings. The highest BCUT2D eigenvalue weighted by Crippen LogP contribution is 2.36. The Morgan fingerprint density at radius 2 is 1.84 bits per heavy atom. The van der Waals surface area contributed by atoms with E-state index in [1.807, 2.05) is 31.2 Å². The Labute approximate surface area is 127 Å². The van der Waals surface area contributed by atoms with Crippen LogP contribution in [0.2, 0.25) is 0 Å². The van der Waals surface area contributed by atoms with E-state index in [2.05, 4.69) is 42.8 Å². The first-order valence-corrected chi connectivity index (χ1v) is 7.94. The Kier molecular flexibility index (Phi) is 4.19. The molecule has 1 unspecified atom stereocenters. The summed E-state index contributed by atoms with van der Waals surface area (Å²) < 4.78 is 0.964. The monoisotopic (exact) mass is 338 g/mol. The highest BCUT2D eigenvalue weighted by molar-refractivity contribution is 9.10. The third-order valence-electron chi connectivity index (χ3n) is 3.09. The lowest BCUT2D eigenvalue weighted by atomic mass is 9.95. The molecule has 0 amide bonds. The van der Waals surface area contributed by atoms with Crippen molar-refractivity contribution in [3.05, 3.63) is 55.7 Å². The number of rotatable bonds is 2. The minimum absolute atomic E-state index is 0.132. The largest absolute Gasteiger partial charge is 0.383 e. The summed E-state index contributed by atoms with van der Waals surface area (Å²) in [5.74, 6) is 0. The summed E-state index contributed by atoms with van der Waals surface area (Å²) in [4.78, 5) is 2.29. The highest BCUT2D eigenvalue weighted by atomic mass is 79.9. The van der Waals surface area contributed by atoms with E-state index in [0.29, 0.717) is 0 Å². The predicted octanol–water partition coefficient (Wildman–Crippen LogP) is 5.20. The lowest BCUT2D eigenvalue weighted by molar-refractivity contribution is 0.223. The molecule has 102 valence electrons. The standard InChI is InChI=1S/C16H19BrOS/c1-10-5-6-11(12(17)9-10)15(18)13-7-8-14(19-13)16(2,3)4/h5-9,15,18H,1-4H3. The van der Waals surface area contributed by atoms with Gasteiger partial charge in [0.2, 0.25) is 0 Å². The van der Waals surface area contributed by atoms with Gasteiger partial charge in [0.25, 0.3) is 0 Å². The second-order valence-corrected chi connectivity index (χ2v) is 7.85. The van der Waals surface area contributed by atoms with Gasteiger partial charge in [-0.25, -0.2) is 0 Å². The molecule has 0 radical (unpaired) electrons. The Balaban J connectivity index is 2.34. The Hall–Kier alpha value is -0.640. The van der Waals surface area contributed by atoms with Crippen LogP contribution in [0.1, 0.15) is 47.8 Å². The molecule has 0 aliphatic carbocycles. The van der Waals surface area contributed by atoms with Gasteiger partial charge in [-0.15, -0.1) is 11.3 Å². The lowest BCUT2D eigenvalue weighted by Gasteiger charge is -2.16. The van der Waals surface area contributed by atoms with Crippen molar-refractivity contribution in [2.75, 3.05) is 0 Å². The number of halogens is 1. The van der Waals surface area contributed by atoms with Gasteiger partial charge >= 0.3 is 0 Å². The number of aryl methyl sites for hydroxylation is 1.